The van der Waals surface area contributed by atoms with Crippen LogP contribution in [0.4, 0.5) is 6.01 Å². The van der Waals surface area contributed by atoms with Crippen molar-refractivity contribution in [3.63, 3.8) is 0 Å². The van der Waals surface area contributed by atoms with E-state index in [4.69, 9.17) is 9.15 Å². The van der Waals surface area contributed by atoms with Gasteiger partial charge in [0.05, 0.1) is 24.2 Å². The van der Waals surface area contributed by atoms with Crippen LogP contribution >= 0.6 is 0 Å². The summed E-state index contributed by atoms with van der Waals surface area (Å²) in [7, 11) is -1.94. The molecule has 0 aliphatic carbocycles. The molecular weight excluding hydrogens is 382 g/mol. The Morgan fingerprint density at radius 1 is 1.07 bits per heavy atom. The summed E-state index contributed by atoms with van der Waals surface area (Å²) in [5.41, 5.74) is 0.941. The van der Waals surface area contributed by atoms with E-state index < -0.39 is 15.7 Å². The average Bonchev–Trinajstić information content (AvgIpc) is 3.14. The van der Waals surface area contributed by atoms with Gasteiger partial charge in [0.25, 0.3) is 0 Å². The first-order chi connectivity index (χ1) is 13.5. The number of carbonyl (C=O) groups is 1. The van der Waals surface area contributed by atoms with Crippen molar-refractivity contribution in [3.8, 4) is 5.75 Å². The molecule has 9 heteroatoms. The molecule has 3 rings (SSSR count). The number of methoxy groups -OCH3 is 1. The Hall–Kier alpha value is -3.20. The molecule has 0 unspecified atom stereocenters. The third-order valence-corrected chi connectivity index (χ3v) is 5.66. The first kappa shape index (κ1) is 19.6. The van der Waals surface area contributed by atoms with Crippen molar-refractivity contribution in [1.82, 2.24) is 10.2 Å². The topological polar surface area (TPSA) is 111 Å². The number of anilines is 1. The number of hydrogen-bond acceptors (Lipinski definition) is 7. The first-order valence-corrected chi connectivity index (χ1v) is 10.1. The highest BCUT2D eigenvalue weighted by molar-refractivity contribution is 7.91. The van der Waals surface area contributed by atoms with Gasteiger partial charge < -0.3 is 9.15 Å². The molecule has 1 amide bonds. The predicted octanol–water partition coefficient (Wildman–Crippen LogP) is 2.47. The molecule has 1 heterocycles. The van der Waals surface area contributed by atoms with Crippen LogP contribution in [0.2, 0.25) is 0 Å². The van der Waals surface area contributed by atoms with E-state index in [1.165, 1.54) is 12.1 Å². The fraction of sp³-hybridized carbons (Fsp3) is 0.211. The molecular formula is C19H19N3O5S. The van der Waals surface area contributed by atoms with E-state index >= 15 is 0 Å². The average molecular weight is 401 g/mol. The van der Waals surface area contributed by atoms with Gasteiger partial charge in [-0.05, 0) is 29.8 Å². The fourth-order valence-corrected chi connectivity index (χ4v) is 3.71. The van der Waals surface area contributed by atoms with Crippen LogP contribution in [0.1, 0.15) is 17.9 Å². The third-order valence-electron chi connectivity index (χ3n) is 3.93. The van der Waals surface area contributed by atoms with Crippen LogP contribution in [-0.2, 0) is 21.1 Å². The number of rotatable bonds is 8. The predicted molar refractivity (Wildman–Crippen MR) is 102 cm³/mol. The zero-order valence-corrected chi connectivity index (χ0v) is 16.0. The van der Waals surface area contributed by atoms with Crippen LogP contribution in [0.3, 0.4) is 0 Å². The summed E-state index contributed by atoms with van der Waals surface area (Å²) < 4.78 is 34.9. The van der Waals surface area contributed by atoms with Crippen molar-refractivity contribution >= 4 is 21.8 Å². The quantitative estimate of drug-likeness (QED) is 0.617. The zero-order chi connectivity index (χ0) is 20.0. The number of nitrogens with zero attached hydrogens (tertiary/aromatic N) is 2. The van der Waals surface area contributed by atoms with E-state index in [9.17, 15) is 13.2 Å². The van der Waals surface area contributed by atoms with E-state index in [0.717, 1.165) is 11.3 Å². The maximum absolute atomic E-state index is 12.2. The van der Waals surface area contributed by atoms with Crippen LogP contribution in [0.5, 0.6) is 5.75 Å². The second kappa shape index (κ2) is 8.66. The number of hydrogen-bond donors (Lipinski definition) is 1. The molecule has 0 aliphatic rings. The fourth-order valence-electron chi connectivity index (χ4n) is 2.45. The number of sulfone groups is 1. The highest BCUT2D eigenvalue weighted by atomic mass is 32.2. The summed E-state index contributed by atoms with van der Waals surface area (Å²) in [6, 6.07) is 15.3. The third kappa shape index (κ3) is 5.17. The largest absolute Gasteiger partial charge is 0.497 e. The van der Waals surface area contributed by atoms with Crippen molar-refractivity contribution in [3.05, 3.63) is 66.1 Å². The first-order valence-electron chi connectivity index (χ1n) is 8.49. The molecule has 2 aromatic carbocycles. The normalized spacial score (nSPS) is 11.2. The van der Waals surface area contributed by atoms with Gasteiger partial charge in [-0.3, -0.25) is 10.1 Å². The lowest BCUT2D eigenvalue weighted by molar-refractivity contribution is -0.116. The molecule has 0 spiro atoms. The van der Waals surface area contributed by atoms with E-state index in [-0.39, 0.29) is 23.1 Å². The Morgan fingerprint density at radius 3 is 2.46 bits per heavy atom. The van der Waals surface area contributed by atoms with Gasteiger partial charge in [-0.2, -0.15) is 0 Å². The maximum atomic E-state index is 12.2. The lowest BCUT2D eigenvalue weighted by Crippen LogP contribution is -2.17. The lowest BCUT2D eigenvalue weighted by Gasteiger charge is -2.04. The van der Waals surface area contributed by atoms with Gasteiger partial charge >= 0.3 is 6.01 Å². The molecule has 28 heavy (non-hydrogen) atoms. The standard InChI is InChI=1S/C19H19N3O5S/c1-26-15-9-7-14(8-10-15)13-18-21-22-19(27-18)20-17(23)11-12-28(24,25)16-5-3-2-4-6-16/h2-10H,11-13H2,1H3,(H,20,22,23). The molecule has 0 saturated carbocycles. The van der Waals surface area contributed by atoms with Crippen LogP contribution in [-0.4, -0.2) is 37.4 Å². The second-order valence-electron chi connectivity index (χ2n) is 5.96. The molecule has 0 aliphatic heterocycles. The minimum atomic E-state index is -3.53. The van der Waals surface area contributed by atoms with E-state index in [1.54, 1.807) is 25.3 Å². The van der Waals surface area contributed by atoms with Crippen molar-refractivity contribution < 1.29 is 22.4 Å². The van der Waals surface area contributed by atoms with Gasteiger partial charge in [-0.25, -0.2) is 8.42 Å². The number of nitrogens with one attached hydrogen (secondary N) is 1. The molecule has 0 atom stereocenters. The van der Waals surface area contributed by atoms with Gasteiger partial charge in [0.2, 0.25) is 11.8 Å². The SMILES string of the molecule is COc1ccc(Cc2nnc(NC(=O)CCS(=O)(=O)c3ccccc3)o2)cc1. The van der Waals surface area contributed by atoms with Crippen molar-refractivity contribution in [1.29, 1.82) is 0 Å². The summed E-state index contributed by atoms with van der Waals surface area (Å²) >= 11 is 0. The smallest absolute Gasteiger partial charge is 0.322 e. The monoisotopic (exact) mass is 401 g/mol. The van der Waals surface area contributed by atoms with Crippen LogP contribution in [0.25, 0.3) is 0 Å². The number of aromatic nitrogens is 2. The molecule has 3 aromatic rings. The number of carbonyl (C=O) groups excluding carboxylic acids is 1. The van der Waals surface area contributed by atoms with Crippen LogP contribution in [0.15, 0.2) is 63.9 Å². The highest BCUT2D eigenvalue weighted by Gasteiger charge is 2.17. The summed E-state index contributed by atoms with van der Waals surface area (Å²) in [6.07, 6.45) is 0.183. The minimum absolute atomic E-state index is 0.0642. The summed E-state index contributed by atoms with van der Waals surface area (Å²) in [4.78, 5) is 12.2. The van der Waals surface area contributed by atoms with Crippen molar-refractivity contribution in [2.45, 2.75) is 17.7 Å². The molecule has 146 valence electrons. The van der Waals surface area contributed by atoms with Gasteiger partial charge in [0.1, 0.15) is 5.75 Å². The molecule has 8 nitrogen and oxygen atoms in total. The highest BCUT2D eigenvalue weighted by Crippen LogP contribution is 2.16. The number of benzene rings is 2. The second-order valence-corrected chi connectivity index (χ2v) is 8.07. The number of ether oxygens (including phenoxy) is 1. The molecule has 0 saturated heterocycles. The molecule has 0 fully saturated rings. The summed E-state index contributed by atoms with van der Waals surface area (Å²) in [6.45, 7) is 0. The Morgan fingerprint density at radius 2 is 1.79 bits per heavy atom. The Labute approximate surface area is 162 Å². The molecule has 1 aromatic heterocycles. The Kier molecular flexibility index (Phi) is 6.05. The zero-order valence-electron chi connectivity index (χ0n) is 15.2. The molecule has 0 bridgehead atoms. The van der Waals surface area contributed by atoms with Crippen LogP contribution in [0, 0.1) is 0 Å². The Bertz CT molecular complexity index is 1030. The van der Waals surface area contributed by atoms with Crippen molar-refractivity contribution in [2.24, 2.45) is 0 Å². The lowest BCUT2D eigenvalue weighted by atomic mass is 10.1. The maximum Gasteiger partial charge on any atom is 0.322 e. The van der Waals surface area contributed by atoms with Crippen molar-refractivity contribution in [2.75, 3.05) is 18.2 Å². The summed E-state index contributed by atoms with van der Waals surface area (Å²) in [5, 5.41) is 10.1. The Balaban J connectivity index is 1.53. The van der Waals surface area contributed by atoms with E-state index in [1.807, 2.05) is 24.3 Å². The van der Waals surface area contributed by atoms with Gasteiger partial charge in [-0.1, -0.05) is 35.4 Å². The van der Waals surface area contributed by atoms with Gasteiger partial charge in [-0.15, -0.1) is 5.10 Å². The molecule has 1 N–H and O–H groups in total. The number of amides is 1. The summed E-state index contributed by atoms with van der Waals surface area (Å²) in [5.74, 6) is 0.250. The minimum Gasteiger partial charge on any atom is -0.497 e. The van der Waals surface area contributed by atoms with Crippen LogP contribution < -0.4 is 10.1 Å². The van der Waals surface area contributed by atoms with Gasteiger partial charge in [0, 0.05) is 6.42 Å². The van der Waals surface area contributed by atoms with E-state index in [2.05, 4.69) is 15.5 Å². The molecule has 0 radical (unpaired) electrons. The van der Waals surface area contributed by atoms with Gasteiger partial charge in [0.15, 0.2) is 9.84 Å². The van der Waals surface area contributed by atoms with E-state index in [0.29, 0.717) is 12.3 Å².